The predicted molar refractivity (Wildman–Crippen MR) is 57.2 cm³/mol. The highest BCUT2D eigenvalue weighted by Crippen LogP contribution is 2.26. The predicted octanol–water partition coefficient (Wildman–Crippen LogP) is 1.05. The molecule has 0 aromatic heterocycles. The number of likely N-dealkylation sites (tertiary alicyclic amines) is 1. The van der Waals surface area contributed by atoms with Crippen molar-refractivity contribution in [3.8, 4) is 0 Å². The summed E-state index contributed by atoms with van der Waals surface area (Å²) >= 11 is 0. The number of piperidine rings is 1. The number of ether oxygens (including phenoxy) is 1. The lowest BCUT2D eigenvalue weighted by Gasteiger charge is -2.32. The topological polar surface area (TPSA) is 24.5 Å². The molecule has 1 unspecified atom stereocenters. The van der Waals surface area contributed by atoms with E-state index in [1.807, 2.05) is 0 Å². The first-order chi connectivity index (χ1) is 6.57. The normalized spacial score (nSPS) is 34.9. The minimum absolute atomic E-state index is 0.175. The first kappa shape index (κ1) is 10.4. The largest absolute Gasteiger partial charge is 0.361 e. The van der Waals surface area contributed by atoms with E-state index in [9.17, 15) is 0 Å². The summed E-state index contributed by atoms with van der Waals surface area (Å²) in [6, 6.07) is 0. The third kappa shape index (κ3) is 2.27. The molecule has 14 heavy (non-hydrogen) atoms. The Kier molecular flexibility index (Phi) is 2.82. The van der Waals surface area contributed by atoms with E-state index < -0.39 is 0 Å². The lowest BCUT2D eigenvalue weighted by Crippen LogP contribution is -2.45. The lowest BCUT2D eigenvalue weighted by molar-refractivity contribution is 0.0255. The Morgan fingerprint density at radius 1 is 1.29 bits per heavy atom. The van der Waals surface area contributed by atoms with Crippen LogP contribution < -0.4 is 5.32 Å². The second kappa shape index (κ2) is 3.80. The Morgan fingerprint density at radius 2 is 1.93 bits per heavy atom. The summed E-state index contributed by atoms with van der Waals surface area (Å²) in [6.07, 6.45) is 2.84. The van der Waals surface area contributed by atoms with Crippen LogP contribution in [0.3, 0.4) is 0 Å². The summed E-state index contributed by atoms with van der Waals surface area (Å²) in [6.45, 7) is 7.70. The zero-order valence-corrected chi connectivity index (χ0v) is 9.55. The van der Waals surface area contributed by atoms with Gasteiger partial charge in [-0.3, -0.25) is 5.32 Å². The van der Waals surface area contributed by atoms with E-state index in [-0.39, 0.29) is 5.54 Å². The minimum atomic E-state index is 0.175. The van der Waals surface area contributed by atoms with Gasteiger partial charge >= 0.3 is 0 Å². The molecule has 2 aliphatic heterocycles. The van der Waals surface area contributed by atoms with Gasteiger partial charge in [0.15, 0.2) is 0 Å². The van der Waals surface area contributed by atoms with Crippen molar-refractivity contribution < 1.29 is 4.74 Å². The van der Waals surface area contributed by atoms with Crippen LogP contribution in [0, 0.1) is 5.92 Å². The number of nitrogens with zero attached hydrogens (tertiary/aromatic N) is 1. The molecule has 82 valence electrons. The molecule has 0 spiro atoms. The van der Waals surface area contributed by atoms with Crippen LogP contribution in [0.5, 0.6) is 0 Å². The standard InChI is InChI=1S/C11H22N2O/c1-11(2)8-14-10(12-11)9-4-6-13(3)7-5-9/h9-10,12H,4-8H2,1-3H3. The van der Waals surface area contributed by atoms with Gasteiger partial charge in [0.1, 0.15) is 6.23 Å². The van der Waals surface area contributed by atoms with Gasteiger partial charge < -0.3 is 9.64 Å². The molecule has 3 heteroatoms. The van der Waals surface area contributed by atoms with E-state index in [1.54, 1.807) is 0 Å². The van der Waals surface area contributed by atoms with Gasteiger partial charge in [0, 0.05) is 11.5 Å². The Morgan fingerprint density at radius 3 is 2.43 bits per heavy atom. The number of nitrogens with one attached hydrogen (secondary N) is 1. The Labute approximate surface area is 86.8 Å². The van der Waals surface area contributed by atoms with Gasteiger partial charge in [0.25, 0.3) is 0 Å². The van der Waals surface area contributed by atoms with Gasteiger partial charge in [-0.15, -0.1) is 0 Å². The molecular formula is C11H22N2O. The highest BCUT2D eigenvalue weighted by atomic mass is 16.5. The van der Waals surface area contributed by atoms with Crippen LogP contribution in [-0.2, 0) is 4.74 Å². The van der Waals surface area contributed by atoms with Gasteiger partial charge in [0.05, 0.1) is 6.61 Å². The fourth-order valence-corrected chi connectivity index (χ4v) is 2.35. The quantitative estimate of drug-likeness (QED) is 0.681. The van der Waals surface area contributed by atoms with E-state index in [0.29, 0.717) is 12.1 Å². The first-order valence-electron chi connectivity index (χ1n) is 5.65. The maximum Gasteiger partial charge on any atom is 0.111 e. The summed E-state index contributed by atoms with van der Waals surface area (Å²) in [5, 5.41) is 3.57. The molecule has 0 aliphatic carbocycles. The van der Waals surface area contributed by atoms with Crippen LogP contribution in [0.15, 0.2) is 0 Å². The molecule has 2 saturated heterocycles. The van der Waals surface area contributed by atoms with Gasteiger partial charge in [-0.05, 0) is 46.8 Å². The average molecular weight is 198 g/mol. The van der Waals surface area contributed by atoms with Crippen molar-refractivity contribution in [2.24, 2.45) is 5.92 Å². The average Bonchev–Trinajstić information content (AvgIpc) is 2.47. The molecule has 1 N–H and O–H groups in total. The highest BCUT2D eigenvalue weighted by Gasteiger charge is 2.36. The third-order valence-corrected chi connectivity index (χ3v) is 3.35. The fraction of sp³-hybridized carbons (Fsp3) is 1.00. The highest BCUT2D eigenvalue weighted by molar-refractivity contribution is 4.89. The molecule has 0 aromatic carbocycles. The van der Waals surface area contributed by atoms with Crippen LogP contribution >= 0.6 is 0 Å². The van der Waals surface area contributed by atoms with E-state index in [0.717, 1.165) is 6.61 Å². The summed E-state index contributed by atoms with van der Waals surface area (Å²) in [5.74, 6) is 0.716. The molecule has 2 aliphatic rings. The Balaban J connectivity index is 1.85. The third-order valence-electron chi connectivity index (χ3n) is 3.35. The van der Waals surface area contributed by atoms with E-state index >= 15 is 0 Å². The molecule has 2 rings (SSSR count). The molecule has 1 atom stereocenters. The second-order valence-electron chi connectivity index (χ2n) is 5.40. The lowest BCUT2D eigenvalue weighted by atomic mass is 9.95. The summed E-state index contributed by atoms with van der Waals surface area (Å²) in [4.78, 5) is 2.40. The molecule has 2 heterocycles. The van der Waals surface area contributed by atoms with Crippen molar-refractivity contribution in [2.75, 3.05) is 26.7 Å². The molecule has 0 radical (unpaired) electrons. The second-order valence-corrected chi connectivity index (χ2v) is 5.40. The maximum absolute atomic E-state index is 5.81. The van der Waals surface area contributed by atoms with Crippen LogP contribution in [0.25, 0.3) is 0 Å². The zero-order valence-electron chi connectivity index (χ0n) is 9.55. The van der Waals surface area contributed by atoms with E-state index in [2.05, 4.69) is 31.1 Å². The van der Waals surface area contributed by atoms with E-state index in [1.165, 1.54) is 25.9 Å². The molecule has 0 saturated carbocycles. The molecule has 0 aromatic rings. The fourth-order valence-electron chi connectivity index (χ4n) is 2.35. The molecule has 0 amide bonds. The maximum atomic E-state index is 5.81. The summed E-state index contributed by atoms with van der Waals surface area (Å²) in [5.41, 5.74) is 0.175. The number of hydrogen-bond acceptors (Lipinski definition) is 3. The van der Waals surface area contributed by atoms with Crippen molar-refractivity contribution in [2.45, 2.75) is 38.5 Å². The van der Waals surface area contributed by atoms with Gasteiger partial charge in [-0.2, -0.15) is 0 Å². The number of rotatable bonds is 1. The zero-order chi connectivity index (χ0) is 10.2. The van der Waals surface area contributed by atoms with Crippen molar-refractivity contribution >= 4 is 0 Å². The van der Waals surface area contributed by atoms with Crippen molar-refractivity contribution in [3.63, 3.8) is 0 Å². The summed E-state index contributed by atoms with van der Waals surface area (Å²) < 4.78 is 5.81. The van der Waals surface area contributed by atoms with Crippen molar-refractivity contribution in [1.82, 2.24) is 10.2 Å². The van der Waals surface area contributed by atoms with Crippen LogP contribution in [0.1, 0.15) is 26.7 Å². The van der Waals surface area contributed by atoms with Crippen LogP contribution in [-0.4, -0.2) is 43.4 Å². The SMILES string of the molecule is CN1CCC(C2NC(C)(C)CO2)CC1. The van der Waals surface area contributed by atoms with Gasteiger partial charge in [-0.25, -0.2) is 0 Å². The Hall–Kier alpha value is -0.120. The van der Waals surface area contributed by atoms with Crippen molar-refractivity contribution in [1.29, 1.82) is 0 Å². The molecule has 2 fully saturated rings. The van der Waals surface area contributed by atoms with Gasteiger partial charge in [0.2, 0.25) is 0 Å². The Bertz CT molecular complexity index is 197. The minimum Gasteiger partial charge on any atom is -0.361 e. The van der Waals surface area contributed by atoms with Crippen LogP contribution in [0.4, 0.5) is 0 Å². The van der Waals surface area contributed by atoms with Crippen LogP contribution in [0.2, 0.25) is 0 Å². The first-order valence-corrected chi connectivity index (χ1v) is 5.65. The van der Waals surface area contributed by atoms with E-state index in [4.69, 9.17) is 4.74 Å². The summed E-state index contributed by atoms with van der Waals surface area (Å²) in [7, 11) is 2.20. The molecule has 0 bridgehead atoms. The monoisotopic (exact) mass is 198 g/mol. The number of hydrogen-bond donors (Lipinski definition) is 1. The van der Waals surface area contributed by atoms with Gasteiger partial charge in [-0.1, -0.05) is 0 Å². The van der Waals surface area contributed by atoms with Crippen molar-refractivity contribution in [3.05, 3.63) is 0 Å². The molecular weight excluding hydrogens is 176 g/mol. The molecule has 3 nitrogen and oxygen atoms in total. The smallest absolute Gasteiger partial charge is 0.111 e.